The van der Waals surface area contributed by atoms with E-state index in [-0.39, 0.29) is 40.9 Å². The van der Waals surface area contributed by atoms with Crippen LogP contribution in [0.1, 0.15) is 50.9 Å². The van der Waals surface area contributed by atoms with Gasteiger partial charge in [-0.25, -0.2) is 4.79 Å². The van der Waals surface area contributed by atoms with E-state index in [0.29, 0.717) is 37.2 Å². The molecule has 160 valence electrons. The van der Waals surface area contributed by atoms with Gasteiger partial charge in [0.1, 0.15) is 12.4 Å². The number of ether oxygens (including phenoxy) is 1. The standard InChI is InChI=1S/C22H30N2O4.ClH/c1-5-24(6-2)11-12-28-21(27)16-7-9-17(10-8-16)23-15-18-19(25)13-22(3,4)14-20(18)26;/h7-10,15,25H,5-6,11-14H2,1-4H3;1H/p-1. The van der Waals surface area contributed by atoms with Crippen molar-refractivity contribution in [3.05, 3.63) is 41.2 Å². The Morgan fingerprint density at radius 3 is 2.38 bits per heavy atom. The summed E-state index contributed by atoms with van der Waals surface area (Å²) in [6.07, 6.45) is 2.25. The Hall–Kier alpha value is -2.18. The van der Waals surface area contributed by atoms with Crippen LogP contribution in [0.3, 0.4) is 0 Å². The second-order valence-electron chi connectivity index (χ2n) is 7.77. The molecule has 0 fully saturated rings. The Morgan fingerprint density at radius 1 is 1.21 bits per heavy atom. The third-order valence-electron chi connectivity index (χ3n) is 4.88. The van der Waals surface area contributed by atoms with Crippen LogP contribution in [0.25, 0.3) is 0 Å². The maximum Gasteiger partial charge on any atom is 0.338 e. The van der Waals surface area contributed by atoms with Crippen molar-refractivity contribution in [3.8, 4) is 0 Å². The lowest BCUT2D eigenvalue weighted by atomic mass is 9.77. The molecular formula is C22H30ClN2O4-. The highest BCUT2D eigenvalue weighted by Crippen LogP contribution is 2.35. The predicted octanol–water partition coefficient (Wildman–Crippen LogP) is 1.09. The number of rotatable bonds is 8. The Morgan fingerprint density at radius 2 is 1.83 bits per heavy atom. The lowest BCUT2D eigenvalue weighted by Crippen LogP contribution is -3.00. The number of Topliss-reactive ketones (excluding diaryl/α,β-unsaturated/α-hetero) is 1. The highest BCUT2D eigenvalue weighted by Gasteiger charge is 2.32. The number of benzene rings is 1. The van der Waals surface area contributed by atoms with Crippen molar-refractivity contribution >= 4 is 23.7 Å². The fourth-order valence-corrected chi connectivity index (χ4v) is 3.16. The number of esters is 1. The Balaban J connectivity index is 0.00000420. The van der Waals surface area contributed by atoms with E-state index in [1.165, 1.54) is 6.21 Å². The van der Waals surface area contributed by atoms with Crippen LogP contribution in [-0.4, -0.2) is 54.2 Å². The molecule has 0 unspecified atom stereocenters. The minimum Gasteiger partial charge on any atom is -1.00 e. The topological polar surface area (TPSA) is 79.2 Å². The van der Waals surface area contributed by atoms with Gasteiger partial charge in [-0.2, -0.15) is 0 Å². The zero-order chi connectivity index (χ0) is 20.7. The molecule has 1 aromatic rings. The number of likely N-dealkylation sites (N-methyl/N-ethyl adjacent to an activating group) is 1. The van der Waals surface area contributed by atoms with E-state index in [2.05, 4.69) is 23.7 Å². The van der Waals surface area contributed by atoms with E-state index in [1.54, 1.807) is 24.3 Å². The minimum atomic E-state index is -0.368. The molecule has 1 aromatic carbocycles. The van der Waals surface area contributed by atoms with Crippen molar-refractivity contribution in [1.82, 2.24) is 4.90 Å². The van der Waals surface area contributed by atoms with E-state index in [1.807, 2.05) is 13.8 Å². The van der Waals surface area contributed by atoms with Crippen molar-refractivity contribution < 1.29 is 31.8 Å². The molecule has 0 atom stereocenters. The van der Waals surface area contributed by atoms with Gasteiger partial charge in [0.25, 0.3) is 0 Å². The molecule has 0 bridgehead atoms. The fourth-order valence-electron chi connectivity index (χ4n) is 3.16. The van der Waals surface area contributed by atoms with Crippen molar-refractivity contribution in [1.29, 1.82) is 0 Å². The molecule has 0 aliphatic heterocycles. The van der Waals surface area contributed by atoms with E-state index < -0.39 is 0 Å². The summed E-state index contributed by atoms with van der Waals surface area (Å²) in [6.45, 7) is 11.0. The first-order chi connectivity index (χ1) is 13.3. The third-order valence-corrected chi connectivity index (χ3v) is 4.88. The molecule has 1 aliphatic carbocycles. The van der Waals surface area contributed by atoms with Crippen molar-refractivity contribution in [2.24, 2.45) is 10.4 Å². The number of carbonyl (C=O) groups is 2. The molecule has 7 heteroatoms. The van der Waals surface area contributed by atoms with Gasteiger partial charge in [-0.3, -0.25) is 9.79 Å². The Kier molecular flexibility index (Phi) is 9.53. The number of allylic oxidation sites excluding steroid dienone is 2. The van der Waals surface area contributed by atoms with Crippen LogP contribution in [0, 0.1) is 5.41 Å². The molecule has 0 saturated carbocycles. The number of aliphatic hydroxyl groups excluding tert-OH is 1. The maximum absolute atomic E-state index is 12.2. The second kappa shape index (κ2) is 11.1. The number of halogens is 1. The summed E-state index contributed by atoms with van der Waals surface area (Å²) in [5.41, 5.74) is 1.08. The SMILES string of the molecule is CCN(CC)CCOC(=O)c1ccc(N=CC2=C(O)CC(C)(C)CC2=O)cc1.[Cl-]. The lowest BCUT2D eigenvalue weighted by molar-refractivity contribution is -0.117. The molecule has 0 radical (unpaired) electrons. The molecule has 0 spiro atoms. The molecule has 2 rings (SSSR count). The zero-order valence-electron chi connectivity index (χ0n) is 17.6. The van der Waals surface area contributed by atoms with Crippen molar-refractivity contribution in [3.63, 3.8) is 0 Å². The normalized spacial score (nSPS) is 16.2. The molecule has 6 nitrogen and oxygen atoms in total. The number of aliphatic hydroxyl groups is 1. The fraction of sp³-hybridized carbons (Fsp3) is 0.500. The zero-order valence-corrected chi connectivity index (χ0v) is 18.3. The summed E-state index contributed by atoms with van der Waals surface area (Å²) in [4.78, 5) is 30.8. The van der Waals surface area contributed by atoms with Gasteiger partial charge in [-0.15, -0.1) is 0 Å². The number of ketones is 1. The summed E-state index contributed by atoms with van der Waals surface area (Å²) in [5.74, 6) is -0.392. The molecule has 0 saturated heterocycles. The van der Waals surface area contributed by atoms with E-state index in [9.17, 15) is 14.7 Å². The minimum absolute atomic E-state index is 0. The molecule has 1 N–H and O–H groups in total. The maximum atomic E-state index is 12.2. The van der Waals surface area contributed by atoms with Crippen LogP contribution in [0.5, 0.6) is 0 Å². The van der Waals surface area contributed by atoms with Gasteiger partial charge < -0.3 is 27.2 Å². The van der Waals surface area contributed by atoms with Crippen LogP contribution in [0.4, 0.5) is 5.69 Å². The number of hydrogen-bond donors (Lipinski definition) is 1. The Bertz CT molecular complexity index is 766. The van der Waals surface area contributed by atoms with Crippen molar-refractivity contribution in [2.45, 2.75) is 40.5 Å². The Labute approximate surface area is 179 Å². The van der Waals surface area contributed by atoms with E-state index >= 15 is 0 Å². The number of hydrogen-bond acceptors (Lipinski definition) is 6. The summed E-state index contributed by atoms with van der Waals surface area (Å²) >= 11 is 0. The molecule has 0 aromatic heterocycles. The van der Waals surface area contributed by atoms with Crippen molar-refractivity contribution in [2.75, 3.05) is 26.2 Å². The van der Waals surface area contributed by atoms with Crippen LogP contribution in [0.15, 0.2) is 40.6 Å². The summed E-state index contributed by atoms with van der Waals surface area (Å²) in [7, 11) is 0. The van der Waals surface area contributed by atoms with Crippen LogP contribution in [0.2, 0.25) is 0 Å². The molecule has 0 amide bonds. The lowest BCUT2D eigenvalue weighted by Gasteiger charge is -2.28. The third kappa shape index (κ3) is 7.29. The number of aliphatic imine (C=N–C) groups is 1. The first-order valence-electron chi connectivity index (χ1n) is 9.74. The number of carbonyl (C=O) groups excluding carboxylic acids is 2. The van der Waals surface area contributed by atoms with Crippen LogP contribution >= 0.6 is 0 Å². The van der Waals surface area contributed by atoms with Gasteiger partial charge >= 0.3 is 5.97 Å². The summed E-state index contributed by atoms with van der Waals surface area (Å²) in [6, 6.07) is 6.66. The predicted molar refractivity (Wildman–Crippen MR) is 110 cm³/mol. The first kappa shape index (κ1) is 24.9. The second-order valence-corrected chi connectivity index (χ2v) is 7.77. The van der Waals surface area contributed by atoms with Gasteiger partial charge in [0.2, 0.25) is 0 Å². The highest BCUT2D eigenvalue weighted by molar-refractivity contribution is 6.14. The van der Waals surface area contributed by atoms with Gasteiger partial charge in [0, 0.05) is 25.6 Å². The largest absolute Gasteiger partial charge is 1.00 e. The van der Waals surface area contributed by atoms with Gasteiger partial charge in [-0.05, 0) is 42.8 Å². The van der Waals surface area contributed by atoms with Gasteiger partial charge in [0.15, 0.2) is 5.78 Å². The quantitative estimate of drug-likeness (QED) is 0.502. The van der Waals surface area contributed by atoms with Crippen LogP contribution in [-0.2, 0) is 9.53 Å². The average molecular weight is 422 g/mol. The molecule has 1 aliphatic rings. The number of nitrogens with zero attached hydrogens (tertiary/aromatic N) is 2. The molecule has 0 heterocycles. The average Bonchev–Trinajstić information content (AvgIpc) is 2.64. The summed E-state index contributed by atoms with van der Waals surface area (Å²) in [5, 5.41) is 10.1. The van der Waals surface area contributed by atoms with Gasteiger partial charge in [0.05, 0.1) is 16.8 Å². The van der Waals surface area contributed by atoms with E-state index in [4.69, 9.17) is 4.74 Å². The van der Waals surface area contributed by atoms with E-state index in [0.717, 1.165) is 13.1 Å². The van der Waals surface area contributed by atoms with Crippen LogP contribution < -0.4 is 12.4 Å². The smallest absolute Gasteiger partial charge is 0.338 e. The molecular weight excluding hydrogens is 392 g/mol. The monoisotopic (exact) mass is 421 g/mol. The first-order valence-corrected chi connectivity index (χ1v) is 9.74. The highest BCUT2D eigenvalue weighted by atomic mass is 35.5. The van der Waals surface area contributed by atoms with Gasteiger partial charge in [-0.1, -0.05) is 27.7 Å². The molecule has 29 heavy (non-hydrogen) atoms. The summed E-state index contributed by atoms with van der Waals surface area (Å²) < 4.78 is 5.30.